The van der Waals surface area contributed by atoms with Crippen molar-refractivity contribution in [3.8, 4) is 0 Å². The summed E-state index contributed by atoms with van der Waals surface area (Å²) in [6.45, 7) is 2.10. The molecule has 6 nitrogen and oxygen atoms in total. The van der Waals surface area contributed by atoms with Gasteiger partial charge in [0.15, 0.2) is 5.13 Å². The minimum atomic E-state index is -3.89. The fourth-order valence-corrected chi connectivity index (χ4v) is 4.76. The molecule has 0 saturated carbocycles. The number of carbonyl (C=O) groups excluding carboxylic acids is 1. The van der Waals surface area contributed by atoms with Crippen LogP contribution in [0.5, 0.6) is 0 Å². The lowest BCUT2D eigenvalue weighted by molar-refractivity contribution is 0.0960. The summed E-state index contributed by atoms with van der Waals surface area (Å²) in [7, 11) is -3.89. The maximum absolute atomic E-state index is 13.1. The minimum absolute atomic E-state index is 0.0197. The smallest absolute Gasteiger partial charge is 0.263 e. The molecule has 0 bridgehead atoms. The molecule has 23 heavy (non-hydrogen) atoms. The highest BCUT2D eigenvalue weighted by Crippen LogP contribution is 2.28. The SMILES string of the molecule is Cc1cc(F)ccc1S(=O)(=O)Nc1nc2c(s1)C(=O)NCCC2. The molecule has 2 heterocycles. The van der Waals surface area contributed by atoms with Crippen molar-refractivity contribution >= 4 is 32.4 Å². The highest BCUT2D eigenvalue weighted by atomic mass is 32.2. The molecule has 122 valence electrons. The van der Waals surface area contributed by atoms with Crippen LogP contribution in [0.1, 0.15) is 27.3 Å². The Balaban J connectivity index is 1.92. The fourth-order valence-electron chi connectivity index (χ4n) is 2.36. The van der Waals surface area contributed by atoms with E-state index in [1.165, 1.54) is 13.0 Å². The molecule has 0 spiro atoms. The molecule has 0 fully saturated rings. The van der Waals surface area contributed by atoms with Gasteiger partial charge < -0.3 is 5.32 Å². The largest absolute Gasteiger partial charge is 0.351 e. The van der Waals surface area contributed by atoms with Crippen LogP contribution in [0.25, 0.3) is 0 Å². The van der Waals surface area contributed by atoms with Crippen molar-refractivity contribution in [3.05, 3.63) is 40.2 Å². The molecule has 0 atom stereocenters. The Labute approximate surface area is 136 Å². The molecule has 1 aliphatic rings. The first kappa shape index (κ1) is 15.9. The molecule has 1 aliphatic heterocycles. The van der Waals surface area contributed by atoms with Gasteiger partial charge in [0.05, 0.1) is 10.6 Å². The van der Waals surface area contributed by atoms with Crippen LogP contribution in [0, 0.1) is 12.7 Å². The Morgan fingerprint density at radius 1 is 1.39 bits per heavy atom. The lowest BCUT2D eigenvalue weighted by atomic mass is 10.2. The van der Waals surface area contributed by atoms with Gasteiger partial charge in [-0.3, -0.25) is 9.52 Å². The first-order chi connectivity index (χ1) is 10.9. The Kier molecular flexibility index (Phi) is 4.07. The molecule has 1 amide bonds. The van der Waals surface area contributed by atoms with Crippen molar-refractivity contribution in [1.82, 2.24) is 10.3 Å². The maximum atomic E-state index is 13.1. The molecule has 2 aromatic rings. The number of sulfonamides is 1. The van der Waals surface area contributed by atoms with Crippen LogP contribution in [0.2, 0.25) is 0 Å². The highest BCUT2D eigenvalue weighted by Gasteiger charge is 2.24. The zero-order valence-corrected chi connectivity index (χ0v) is 13.9. The van der Waals surface area contributed by atoms with E-state index in [9.17, 15) is 17.6 Å². The number of rotatable bonds is 3. The maximum Gasteiger partial charge on any atom is 0.263 e. The number of thiazole rings is 1. The first-order valence-corrected chi connectivity index (χ1v) is 9.23. The molecule has 2 N–H and O–H groups in total. The van der Waals surface area contributed by atoms with Gasteiger partial charge in [-0.15, -0.1) is 0 Å². The Hall–Kier alpha value is -2.00. The van der Waals surface area contributed by atoms with E-state index in [0.717, 1.165) is 29.9 Å². The molecule has 0 aliphatic carbocycles. The van der Waals surface area contributed by atoms with Gasteiger partial charge in [0, 0.05) is 6.54 Å². The van der Waals surface area contributed by atoms with Crippen LogP contribution < -0.4 is 10.0 Å². The zero-order chi connectivity index (χ0) is 16.6. The van der Waals surface area contributed by atoms with Crippen LogP contribution in [-0.4, -0.2) is 25.9 Å². The van der Waals surface area contributed by atoms with E-state index in [2.05, 4.69) is 15.0 Å². The zero-order valence-electron chi connectivity index (χ0n) is 12.2. The van der Waals surface area contributed by atoms with Gasteiger partial charge in [-0.2, -0.15) is 0 Å². The van der Waals surface area contributed by atoms with Crippen molar-refractivity contribution in [2.24, 2.45) is 0 Å². The van der Waals surface area contributed by atoms with E-state index in [1.54, 1.807) is 0 Å². The summed E-state index contributed by atoms with van der Waals surface area (Å²) < 4.78 is 40.4. The van der Waals surface area contributed by atoms with Crippen LogP contribution >= 0.6 is 11.3 Å². The predicted molar refractivity (Wildman–Crippen MR) is 84.7 cm³/mol. The van der Waals surface area contributed by atoms with E-state index in [-0.39, 0.29) is 15.9 Å². The van der Waals surface area contributed by atoms with Gasteiger partial charge in [0.2, 0.25) is 0 Å². The van der Waals surface area contributed by atoms with Gasteiger partial charge in [-0.25, -0.2) is 17.8 Å². The molecule has 0 unspecified atom stereocenters. The third kappa shape index (κ3) is 3.20. The van der Waals surface area contributed by atoms with Gasteiger partial charge >= 0.3 is 0 Å². The number of halogens is 1. The molecule has 3 rings (SSSR count). The number of hydrogen-bond acceptors (Lipinski definition) is 5. The molecular weight excluding hydrogens is 341 g/mol. The highest BCUT2D eigenvalue weighted by molar-refractivity contribution is 7.93. The van der Waals surface area contributed by atoms with Crippen LogP contribution in [-0.2, 0) is 16.4 Å². The average Bonchev–Trinajstić information content (AvgIpc) is 2.77. The number of nitrogens with zero attached hydrogens (tertiary/aromatic N) is 1. The van der Waals surface area contributed by atoms with Crippen LogP contribution in [0.4, 0.5) is 9.52 Å². The third-order valence-corrected chi connectivity index (χ3v) is 6.07. The first-order valence-electron chi connectivity index (χ1n) is 6.94. The quantitative estimate of drug-likeness (QED) is 0.882. The fraction of sp³-hybridized carbons (Fsp3) is 0.286. The lowest BCUT2D eigenvalue weighted by Crippen LogP contribution is -2.21. The number of aromatic nitrogens is 1. The summed E-state index contributed by atoms with van der Waals surface area (Å²) >= 11 is 1.000. The number of benzene rings is 1. The summed E-state index contributed by atoms with van der Waals surface area (Å²) in [5, 5.41) is 2.87. The minimum Gasteiger partial charge on any atom is -0.351 e. The number of amides is 1. The molecule has 9 heteroatoms. The summed E-state index contributed by atoms with van der Waals surface area (Å²) in [6, 6.07) is 3.45. The number of nitrogens with one attached hydrogen (secondary N) is 2. The van der Waals surface area contributed by atoms with Gasteiger partial charge in [-0.05, 0) is 43.5 Å². The second-order valence-electron chi connectivity index (χ2n) is 5.17. The van der Waals surface area contributed by atoms with Crippen molar-refractivity contribution in [2.45, 2.75) is 24.7 Å². The van der Waals surface area contributed by atoms with E-state index in [1.807, 2.05) is 0 Å². The van der Waals surface area contributed by atoms with E-state index >= 15 is 0 Å². The summed E-state index contributed by atoms with van der Waals surface area (Å²) in [5.41, 5.74) is 0.895. The Morgan fingerprint density at radius 2 is 2.17 bits per heavy atom. The summed E-state index contributed by atoms with van der Waals surface area (Å²) in [5.74, 6) is -0.738. The summed E-state index contributed by atoms with van der Waals surface area (Å²) in [6.07, 6.45) is 1.37. The predicted octanol–water partition coefficient (Wildman–Crippen LogP) is 2.07. The average molecular weight is 355 g/mol. The number of hydrogen-bond donors (Lipinski definition) is 2. The molecule has 0 saturated heterocycles. The van der Waals surface area contributed by atoms with Gasteiger partial charge in [0.25, 0.3) is 15.9 Å². The lowest BCUT2D eigenvalue weighted by Gasteiger charge is -2.08. The van der Waals surface area contributed by atoms with Crippen LogP contribution in [0.15, 0.2) is 23.1 Å². The van der Waals surface area contributed by atoms with Crippen molar-refractivity contribution in [3.63, 3.8) is 0 Å². The van der Waals surface area contributed by atoms with Gasteiger partial charge in [-0.1, -0.05) is 11.3 Å². The van der Waals surface area contributed by atoms with Crippen molar-refractivity contribution in [1.29, 1.82) is 0 Å². The Bertz CT molecular complexity index is 877. The molecular formula is C14H14FN3O3S2. The van der Waals surface area contributed by atoms with E-state index in [0.29, 0.717) is 29.1 Å². The number of aryl methyl sites for hydroxylation is 2. The van der Waals surface area contributed by atoms with Gasteiger partial charge in [0.1, 0.15) is 10.7 Å². The number of carbonyl (C=O) groups is 1. The normalized spacial score (nSPS) is 14.8. The monoisotopic (exact) mass is 355 g/mol. The van der Waals surface area contributed by atoms with E-state index < -0.39 is 15.8 Å². The van der Waals surface area contributed by atoms with Crippen molar-refractivity contribution in [2.75, 3.05) is 11.3 Å². The topological polar surface area (TPSA) is 88.2 Å². The Morgan fingerprint density at radius 3 is 2.91 bits per heavy atom. The molecule has 1 aromatic heterocycles. The second kappa shape index (κ2) is 5.89. The summed E-state index contributed by atoms with van der Waals surface area (Å²) in [4.78, 5) is 16.5. The third-order valence-electron chi connectivity index (χ3n) is 3.43. The second-order valence-corrected chi connectivity index (χ2v) is 7.82. The number of fused-ring (bicyclic) bond motifs is 1. The molecule has 1 aromatic carbocycles. The van der Waals surface area contributed by atoms with Crippen LogP contribution in [0.3, 0.4) is 0 Å². The number of anilines is 1. The molecule has 0 radical (unpaired) electrons. The van der Waals surface area contributed by atoms with Crippen molar-refractivity contribution < 1.29 is 17.6 Å². The van der Waals surface area contributed by atoms with E-state index in [4.69, 9.17) is 0 Å². The standard InChI is InChI=1S/C14H14FN3O3S2/c1-8-7-9(15)4-5-11(8)23(20,21)18-14-17-10-3-2-6-16-13(19)12(10)22-14/h4-5,7H,2-3,6H2,1H3,(H,16,19)(H,17,18).